The molecule has 0 atom stereocenters. The predicted octanol–water partition coefficient (Wildman–Crippen LogP) is 1.51. The Balaban J connectivity index is 2.83. The molecule has 1 rings (SSSR count). The molecular formula is C6H7F3IN3. The number of rotatable bonds is 2. The van der Waals surface area contributed by atoms with Crippen molar-refractivity contribution in [3.8, 4) is 0 Å². The van der Waals surface area contributed by atoms with Gasteiger partial charge in [0.1, 0.15) is 6.54 Å². The van der Waals surface area contributed by atoms with E-state index in [2.05, 4.69) is 5.10 Å². The molecule has 0 bridgehead atoms. The lowest BCUT2D eigenvalue weighted by molar-refractivity contribution is -0.143. The van der Waals surface area contributed by atoms with Crippen molar-refractivity contribution in [1.29, 1.82) is 0 Å². The van der Waals surface area contributed by atoms with Gasteiger partial charge in [0.2, 0.25) is 0 Å². The number of hydrogen-bond acceptors (Lipinski definition) is 2. The van der Waals surface area contributed by atoms with E-state index in [4.69, 9.17) is 5.73 Å². The van der Waals surface area contributed by atoms with Gasteiger partial charge in [0.25, 0.3) is 0 Å². The molecule has 0 saturated heterocycles. The van der Waals surface area contributed by atoms with Crippen LogP contribution >= 0.6 is 22.6 Å². The van der Waals surface area contributed by atoms with Crippen molar-refractivity contribution >= 4 is 22.6 Å². The van der Waals surface area contributed by atoms with E-state index >= 15 is 0 Å². The predicted molar refractivity (Wildman–Crippen MR) is 48.9 cm³/mol. The van der Waals surface area contributed by atoms with Crippen LogP contribution in [0.25, 0.3) is 0 Å². The maximum Gasteiger partial charge on any atom is 0.408 e. The second-order valence-electron chi connectivity index (χ2n) is 2.44. The van der Waals surface area contributed by atoms with Crippen LogP contribution in [0.4, 0.5) is 13.2 Å². The third kappa shape index (κ3) is 3.14. The van der Waals surface area contributed by atoms with Crippen molar-refractivity contribution in [3.63, 3.8) is 0 Å². The molecule has 0 amide bonds. The van der Waals surface area contributed by atoms with Gasteiger partial charge >= 0.3 is 6.18 Å². The van der Waals surface area contributed by atoms with Crippen LogP contribution in [-0.4, -0.2) is 16.0 Å². The van der Waals surface area contributed by atoms with Gasteiger partial charge < -0.3 is 5.73 Å². The number of aromatic nitrogens is 2. The van der Waals surface area contributed by atoms with E-state index < -0.39 is 12.7 Å². The molecule has 1 aromatic rings. The monoisotopic (exact) mass is 305 g/mol. The van der Waals surface area contributed by atoms with Crippen LogP contribution in [0.2, 0.25) is 0 Å². The Morgan fingerprint density at radius 2 is 2.15 bits per heavy atom. The first-order valence-corrected chi connectivity index (χ1v) is 4.49. The summed E-state index contributed by atoms with van der Waals surface area (Å²) in [6.45, 7) is -0.911. The van der Waals surface area contributed by atoms with Crippen LogP contribution in [-0.2, 0) is 13.1 Å². The van der Waals surface area contributed by atoms with Crippen molar-refractivity contribution in [2.75, 3.05) is 0 Å². The van der Waals surface area contributed by atoms with E-state index in [1.807, 2.05) is 0 Å². The standard InChI is InChI=1S/C6H7F3IN3/c7-6(8,9)3-13-5(10)1-4(2-11)12-13/h1H,2-3,11H2. The first-order chi connectivity index (χ1) is 5.92. The number of alkyl halides is 3. The average Bonchev–Trinajstić information content (AvgIpc) is 2.29. The van der Waals surface area contributed by atoms with E-state index in [1.54, 1.807) is 22.6 Å². The fourth-order valence-electron chi connectivity index (χ4n) is 0.824. The molecule has 1 heterocycles. The van der Waals surface area contributed by atoms with Gasteiger partial charge in [0.05, 0.1) is 9.39 Å². The molecule has 74 valence electrons. The molecule has 0 spiro atoms. The molecule has 0 aliphatic heterocycles. The van der Waals surface area contributed by atoms with Crippen molar-refractivity contribution in [2.24, 2.45) is 5.73 Å². The van der Waals surface area contributed by atoms with Crippen molar-refractivity contribution < 1.29 is 13.2 Å². The van der Waals surface area contributed by atoms with Gasteiger partial charge in [-0.05, 0) is 28.7 Å². The number of halogens is 4. The molecule has 3 nitrogen and oxygen atoms in total. The Kier molecular flexibility index (Phi) is 3.17. The summed E-state index contributed by atoms with van der Waals surface area (Å²) in [6.07, 6.45) is -4.24. The highest BCUT2D eigenvalue weighted by Gasteiger charge is 2.29. The second kappa shape index (κ2) is 3.82. The fourth-order valence-corrected chi connectivity index (χ4v) is 1.46. The molecule has 0 saturated carbocycles. The van der Waals surface area contributed by atoms with Crippen LogP contribution in [0, 0.1) is 3.70 Å². The molecular weight excluding hydrogens is 298 g/mol. The maximum atomic E-state index is 11.9. The summed E-state index contributed by atoms with van der Waals surface area (Å²) < 4.78 is 37.1. The molecule has 13 heavy (non-hydrogen) atoms. The van der Waals surface area contributed by atoms with Gasteiger partial charge in [-0.3, -0.25) is 0 Å². The van der Waals surface area contributed by atoms with E-state index in [1.165, 1.54) is 6.07 Å². The van der Waals surface area contributed by atoms with Crippen LogP contribution in [0.3, 0.4) is 0 Å². The minimum absolute atomic E-state index is 0.154. The smallest absolute Gasteiger partial charge is 0.325 e. The third-order valence-electron chi connectivity index (χ3n) is 1.32. The van der Waals surface area contributed by atoms with Crippen molar-refractivity contribution in [3.05, 3.63) is 15.5 Å². The van der Waals surface area contributed by atoms with E-state index in [0.717, 1.165) is 4.68 Å². The van der Waals surface area contributed by atoms with E-state index in [9.17, 15) is 13.2 Å². The van der Waals surface area contributed by atoms with Gasteiger partial charge in [0, 0.05) is 6.54 Å². The molecule has 0 aliphatic rings. The quantitative estimate of drug-likeness (QED) is 0.842. The minimum atomic E-state index is -4.24. The van der Waals surface area contributed by atoms with Crippen LogP contribution in [0.1, 0.15) is 5.69 Å². The van der Waals surface area contributed by atoms with Crippen molar-refractivity contribution in [2.45, 2.75) is 19.3 Å². The number of hydrogen-bond donors (Lipinski definition) is 1. The highest BCUT2D eigenvalue weighted by atomic mass is 127. The Hall–Kier alpha value is -0.310. The molecule has 0 unspecified atom stereocenters. The Labute approximate surface area is 86.2 Å². The normalized spacial score (nSPS) is 12.1. The van der Waals surface area contributed by atoms with Gasteiger partial charge in [-0.15, -0.1) is 0 Å². The Morgan fingerprint density at radius 1 is 1.54 bits per heavy atom. The summed E-state index contributed by atoms with van der Waals surface area (Å²) in [5.41, 5.74) is 5.70. The summed E-state index contributed by atoms with van der Waals surface area (Å²) in [6, 6.07) is 1.53. The molecule has 0 aliphatic carbocycles. The van der Waals surface area contributed by atoms with Crippen LogP contribution in [0.5, 0.6) is 0 Å². The van der Waals surface area contributed by atoms with E-state index in [-0.39, 0.29) is 6.54 Å². The number of nitrogens with zero attached hydrogens (tertiary/aromatic N) is 2. The summed E-state index contributed by atoms with van der Waals surface area (Å²) in [4.78, 5) is 0. The molecule has 1 aromatic heterocycles. The fraction of sp³-hybridized carbons (Fsp3) is 0.500. The van der Waals surface area contributed by atoms with Crippen LogP contribution < -0.4 is 5.73 Å². The molecule has 0 aromatic carbocycles. The second-order valence-corrected chi connectivity index (χ2v) is 3.54. The zero-order valence-corrected chi connectivity index (χ0v) is 8.63. The van der Waals surface area contributed by atoms with E-state index in [0.29, 0.717) is 9.39 Å². The first kappa shape index (κ1) is 10.8. The lowest BCUT2D eigenvalue weighted by atomic mass is 10.4. The lowest BCUT2D eigenvalue weighted by Gasteiger charge is -2.06. The minimum Gasteiger partial charge on any atom is -0.325 e. The SMILES string of the molecule is NCc1cc(I)n(CC(F)(F)F)n1. The Bertz CT molecular complexity index is 294. The average molecular weight is 305 g/mol. The zero-order chi connectivity index (χ0) is 10.1. The summed E-state index contributed by atoms with van der Waals surface area (Å²) in [5, 5.41) is 3.68. The Morgan fingerprint density at radius 3 is 2.54 bits per heavy atom. The topological polar surface area (TPSA) is 43.8 Å². The van der Waals surface area contributed by atoms with Gasteiger partial charge in [-0.2, -0.15) is 18.3 Å². The third-order valence-corrected chi connectivity index (χ3v) is 2.19. The highest BCUT2D eigenvalue weighted by Crippen LogP contribution is 2.19. The highest BCUT2D eigenvalue weighted by molar-refractivity contribution is 14.1. The molecule has 2 N–H and O–H groups in total. The number of nitrogens with two attached hydrogens (primary N) is 1. The molecule has 0 radical (unpaired) electrons. The largest absolute Gasteiger partial charge is 0.408 e. The van der Waals surface area contributed by atoms with Gasteiger partial charge in [-0.1, -0.05) is 0 Å². The van der Waals surface area contributed by atoms with Gasteiger partial charge in [-0.25, -0.2) is 4.68 Å². The zero-order valence-electron chi connectivity index (χ0n) is 6.48. The van der Waals surface area contributed by atoms with Crippen molar-refractivity contribution in [1.82, 2.24) is 9.78 Å². The van der Waals surface area contributed by atoms with Gasteiger partial charge in [0.15, 0.2) is 0 Å². The summed E-state index contributed by atoms with van der Waals surface area (Å²) in [7, 11) is 0. The summed E-state index contributed by atoms with van der Waals surface area (Å²) in [5.74, 6) is 0. The summed E-state index contributed by atoms with van der Waals surface area (Å²) >= 11 is 1.79. The van der Waals surface area contributed by atoms with Crippen LogP contribution in [0.15, 0.2) is 6.07 Å². The lowest BCUT2D eigenvalue weighted by Crippen LogP contribution is -2.19. The first-order valence-electron chi connectivity index (χ1n) is 3.41. The molecule has 7 heteroatoms. The molecule has 0 fully saturated rings. The maximum absolute atomic E-state index is 11.9.